The van der Waals surface area contributed by atoms with Crippen molar-refractivity contribution in [1.29, 1.82) is 0 Å². The second-order valence-corrected chi connectivity index (χ2v) is 33.3. The Labute approximate surface area is 626 Å². The molecular formula is C83H162O17P2. The highest BCUT2D eigenvalue weighted by Crippen LogP contribution is 2.45. The van der Waals surface area contributed by atoms with E-state index in [9.17, 15) is 43.2 Å². The van der Waals surface area contributed by atoms with Crippen molar-refractivity contribution < 1.29 is 80.2 Å². The number of carbonyl (C=O) groups is 4. The molecule has 0 aliphatic carbocycles. The molecule has 3 N–H and O–H groups in total. The average molecular weight is 1490 g/mol. The van der Waals surface area contributed by atoms with Crippen LogP contribution in [0.4, 0.5) is 0 Å². The SMILES string of the molecule is CCCCCCCCCCCCCCCCCCCC(=O)OC[C@H](COP(=O)(O)OC[C@@H](O)COP(=O)(O)OC[C@@H](COC(=O)CCCCCCCCCC)OC(=O)CCCCCCCCCCCCCCCCCC)OC(=O)CCCCCCCCCCCCCCCCCCCCC(C)C. The summed E-state index contributed by atoms with van der Waals surface area (Å²) in [6, 6.07) is 0. The molecule has 17 nitrogen and oxygen atoms in total. The lowest BCUT2D eigenvalue weighted by atomic mass is 10.0. The first-order valence-corrected chi connectivity index (χ1v) is 46.1. The van der Waals surface area contributed by atoms with Gasteiger partial charge in [0.1, 0.15) is 19.3 Å². The van der Waals surface area contributed by atoms with E-state index in [1.807, 2.05) is 0 Å². The number of hydrogen-bond donors (Lipinski definition) is 3. The van der Waals surface area contributed by atoms with Gasteiger partial charge in [-0.25, -0.2) is 9.13 Å². The lowest BCUT2D eigenvalue weighted by Gasteiger charge is -2.21. The standard InChI is InChI=1S/C83H162O17P2/c1-6-9-12-15-18-21-23-25-27-31-36-39-43-47-52-57-62-67-81(86)94-73-79(100-83(88)69-64-59-54-49-45-41-37-33-30-29-32-34-38-42-46-50-55-60-65-76(4)5)75-98-102(91,92)96-71-77(84)70-95-101(89,90)97-74-78(72-93-80(85)66-61-56-51-20-17-14-11-8-3)99-82(87)68-63-58-53-48-44-40-35-28-26-24-22-19-16-13-10-7-2/h76-79,84H,6-75H2,1-5H3,(H,89,90)(H,91,92)/t77-,78+,79+/m0/s1. The summed E-state index contributed by atoms with van der Waals surface area (Å²) in [6.45, 7) is 7.36. The number of carbonyl (C=O) groups excluding carboxylic acids is 4. The molecule has 0 aromatic rings. The zero-order valence-electron chi connectivity index (χ0n) is 66.8. The molecule has 0 heterocycles. The first kappa shape index (κ1) is 100. The molecule has 0 rings (SSSR count). The maximum absolute atomic E-state index is 13.1. The number of ether oxygens (including phenoxy) is 4. The molecule has 0 saturated heterocycles. The van der Waals surface area contributed by atoms with E-state index in [4.69, 9.17) is 37.0 Å². The van der Waals surface area contributed by atoms with Crippen LogP contribution in [-0.4, -0.2) is 96.7 Å². The van der Waals surface area contributed by atoms with E-state index >= 15 is 0 Å². The van der Waals surface area contributed by atoms with Gasteiger partial charge < -0.3 is 33.8 Å². The normalized spacial score (nSPS) is 13.8. The molecule has 0 aliphatic rings. The molecule has 19 heteroatoms. The summed E-state index contributed by atoms with van der Waals surface area (Å²) in [5.41, 5.74) is 0. The highest BCUT2D eigenvalue weighted by atomic mass is 31.2. The van der Waals surface area contributed by atoms with Crippen molar-refractivity contribution in [3.63, 3.8) is 0 Å². The maximum atomic E-state index is 13.1. The van der Waals surface area contributed by atoms with Crippen molar-refractivity contribution in [2.75, 3.05) is 39.6 Å². The molecule has 2 unspecified atom stereocenters. The van der Waals surface area contributed by atoms with Gasteiger partial charge in [0.15, 0.2) is 12.2 Å². The van der Waals surface area contributed by atoms with Crippen LogP contribution in [0.15, 0.2) is 0 Å². The second-order valence-electron chi connectivity index (χ2n) is 30.3. The summed E-state index contributed by atoms with van der Waals surface area (Å²) >= 11 is 0. The maximum Gasteiger partial charge on any atom is 0.472 e. The molecule has 0 bridgehead atoms. The van der Waals surface area contributed by atoms with Gasteiger partial charge in [-0.3, -0.25) is 37.3 Å². The van der Waals surface area contributed by atoms with Crippen LogP contribution in [0.1, 0.15) is 446 Å². The summed E-state index contributed by atoms with van der Waals surface area (Å²) in [7, 11) is -9.92. The molecule has 102 heavy (non-hydrogen) atoms. The third-order valence-corrected chi connectivity index (χ3v) is 21.4. The van der Waals surface area contributed by atoms with Gasteiger partial charge in [0.25, 0.3) is 0 Å². The highest BCUT2D eigenvalue weighted by molar-refractivity contribution is 7.47. The molecule has 0 aromatic carbocycles. The minimum Gasteiger partial charge on any atom is -0.462 e. The quantitative estimate of drug-likeness (QED) is 0.0222. The number of aliphatic hydroxyl groups is 1. The minimum absolute atomic E-state index is 0.109. The number of phosphoric ester groups is 2. The fourth-order valence-electron chi connectivity index (χ4n) is 12.9. The zero-order chi connectivity index (χ0) is 74.8. The van der Waals surface area contributed by atoms with E-state index in [0.29, 0.717) is 25.7 Å². The first-order chi connectivity index (χ1) is 49.5. The van der Waals surface area contributed by atoms with Gasteiger partial charge in [-0.15, -0.1) is 0 Å². The Hall–Kier alpha value is -1.94. The number of unbranched alkanes of at least 4 members (excludes halogenated alkanes) is 55. The van der Waals surface area contributed by atoms with Crippen LogP contribution < -0.4 is 0 Å². The predicted octanol–water partition coefficient (Wildman–Crippen LogP) is 25.2. The van der Waals surface area contributed by atoms with E-state index in [1.165, 1.54) is 270 Å². The van der Waals surface area contributed by atoms with E-state index in [-0.39, 0.29) is 25.7 Å². The van der Waals surface area contributed by atoms with Crippen molar-refractivity contribution >= 4 is 39.5 Å². The lowest BCUT2D eigenvalue weighted by Crippen LogP contribution is -2.30. The largest absolute Gasteiger partial charge is 0.472 e. The van der Waals surface area contributed by atoms with Crippen molar-refractivity contribution in [3.05, 3.63) is 0 Å². The molecule has 0 spiro atoms. The molecule has 0 aromatic heterocycles. The Morgan fingerprint density at radius 2 is 0.451 bits per heavy atom. The van der Waals surface area contributed by atoms with Gasteiger partial charge in [-0.05, 0) is 31.6 Å². The Morgan fingerprint density at radius 3 is 0.667 bits per heavy atom. The lowest BCUT2D eigenvalue weighted by molar-refractivity contribution is -0.161. The summed E-state index contributed by atoms with van der Waals surface area (Å²) in [5, 5.41) is 10.6. The van der Waals surface area contributed by atoms with Crippen molar-refractivity contribution in [1.82, 2.24) is 0 Å². The van der Waals surface area contributed by atoms with Crippen LogP contribution in [0.2, 0.25) is 0 Å². The van der Waals surface area contributed by atoms with Gasteiger partial charge in [0, 0.05) is 25.7 Å². The summed E-state index contributed by atoms with van der Waals surface area (Å²) < 4.78 is 68.7. The number of esters is 4. The molecule has 606 valence electrons. The van der Waals surface area contributed by atoms with Crippen LogP contribution in [0, 0.1) is 5.92 Å². The van der Waals surface area contributed by atoms with Crippen molar-refractivity contribution in [3.8, 4) is 0 Å². The Bertz CT molecular complexity index is 1940. The zero-order valence-corrected chi connectivity index (χ0v) is 68.5. The second kappa shape index (κ2) is 75.9. The third-order valence-electron chi connectivity index (χ3n) is 19.5. The van der Waals surface area contributed by atoms with Crippen LogP contribution in [-0.2, 0) is 65.4 Å². The van der Waals surface area contributed by atoms with Gasteiger partial charge in [0.2, 0.25) is 0 Å². The van der Waals surface area contributed by atoms with Crippen molar-refractivity contribution in [2.24, 2.45) is 5.92 Å². The van der Waals surface area contributed by atoms with E-state index in [0.717, 1.165) is 95.8 Å². The molecule has 0 fully saturated rings. The van der Waals surface area contributed by atoms with Gasteiger partial charge in [-0.1, -0.05) is 394 Å². The van der Waals surface area contributed by atoms with E-state index in [2.05, 4.69) is 34.6 Å². The Balaban J connectivity index is 5.19. The smallest absolute Gasteiger partial charge is 0.462 e. The van der Waals surface area contributed by atoms with Crippen LogP contribution in [0.3, 0.4) is 0 Å². The van der Waals surface area contributed by atoms with Crippen LogP contribution >= 0.6 is 15.6 Å². The van der Waals surface area contributed by atoms with Crippen LogP contribution in [0.5, 0.6) is 0 Å². The fraction of sp³-hybridized carbons (Fsp3) is 0.952. The van der Waals surface area contributed by atoms with E-state index in [1.54, 1.807) is 0 Å². The molecule has 0 aliphatic heterocycles. The topological polar surface area (TPSA) is 237 Å². The Kier molecular flexibility index (Phi) is 74.4. The van der Waals surface area contributed by atoms with Gasteiger partial charge in [0.05, 0.1) is 26.4 Å². The first-order valence-electron chi connectivity index (χ1n) is 43.1. The third kappa shape index (κ3) is 76.3. The molecule has 0 saturated carbocycles. The van der Waals surface area contributed by atoms with Gasteiger partial charge >= 0.3 is 39.5 Å². The molecule has 0 radical (unpaired) electrons. The molecule has 5 atom stereocenters. The number of phosphoric acid groups is 2. The number of hydrogen-bond acceptors (Lipinski definition) is 15. The highest BCUT2D eigenvalue weighted by Gasteiger charge is 2.30. The summed E-state index contributed by atoms with van der Waals surface area (Å²) in [5.74, 6) is -1.28. The van der Waals surface area contributed by atoms with Crippen LogP contribution in [0.25, 0.3) is 0 Å². The minimum atomic E-state index is -4.96. The summed E-state index contributed by atoms with van der Waals surface area (Å²) in [6.07, 6.45) is 68.1. The van der Waals surface area contributed by atoms with E-state index < -0.39 is 97.5 Å². The average Bonchev–Trinajstić information content (AvgIpc) is 0.931. The number of rotatable bonds is 83. The fourth-order valence-corrected chi connectivity index (χ4v) is 14.5. The van der Waals surface area contributed by atoms with Gasteiger partial charge in [-0.2, -0.15) is 0 Å². The predicted molar refractivity (Wildman–Crippen MR) is 418 cm³/mol. The monoisotopic (exact) mass is 1490 g/mol. The summed E-state index contributed by atoms with van der Waals surface area (Å²) in [4.78, 5) is 73.0. The Morgan fingerprint density at radius 1 is 0.265 bits per heavy atom. The molecule has 0 amide bonds. The number of aliphatic hydroxyl groups excluding tert-OH is 1. The molecular weight excluding hydrogens is 1330 g/mol. The van der Waals surface area contributed by atoms with Crippen molar-refractivity contribution in [2.45, 2.75) is 464 Å².